The second-order valence-corrected chi connectivity index (χ2v) is 4.87. The van der Waals surface area contributed by atoms with Gasteiger partial charge in [-0.1, -0.05) is 12.1 Å². The molecule has 0 atom stereocenters. The van der Waals surface area contributed by atoms with Crippen LogP contribution < -0.4 is 11.3 Å². The van der Waals surface area contributed by atoms with Gasteiger partial charge < -0.3 is 10.3 Å². The van der Waals surface area contributed by atoms with Crippen LogP contribution in [0.4, 0.5) is 0 Å². The van der Waals surface area contributed by atoms with E-state index >= 15 is 0 Å². The van der Waals surface area contributed by atoms with Crippen molar-refractivity contribution in [2.75, 3.05) is 6.54 Å². The van der Waals surface area contributed by atoms with Gasteiger partial charge in [-0.2, -0.15) is 0 Å². The van der Waals surface area contributed by atoms with Gasteiger partial charge in [0.05, 0.1) is 5.52 Å². The van der Waals surface area contributed by atoms with E-state index in [1.165, 1.54) is 11.1 Å². The third kappa shape index (κ3) is 2.06. The molecule has 0 saturated heterocycles. The summed E-state index contributed by atoms with van der Waals surface area (Å²) in [6.45, 7) is 4.76. The molecule has 0 aliphatic rings. The zero-order valence-electron chi connectivity index (χ0n) is 11.3. The summed E-state index contributed by atoms with van der Waals surface area (Å²) in [5.41, 5.74) is 9.91. The van der Waals surface area contributed by atoms with Gasteiger partial charge in [0.1, 0.15) is 0 Å². The van der Waals surface area contributed by atoms with Crippen molar-refractivity contribution in [1.29, 1.82) is 0 Å². The van der Waals surface area contributed by atoms with Gasteiger partial charge in [-0.25, -0.2) is 0 Å². The van der Waals surface area contributed by atoms with Crippen molar-refractivity contribution in [3.63, 3.8) is 0 Å². The highest BCUT2D eigenvalue weighted by Crippen LogP contribution is 2.20. The van der Waals surface area contributed by atoms with E-state index in [0.717, 1.165) is 29.3 Å². The molecule has 0 aliphatic carbocycles. The molecule has 18 heavy (non-hydrogen) atoms. The fourth-order valence-corrected chi connectivity index (χ4v) is 2.42. The Labute approximate surface area is 107 Å². The van der Waals surface area contributed by atoms with E-state index in [2.05, 4.69) is 26.0 Å². The largest absolute Gasteiger partial charge is 0.330 e. The predicted molar refractivity (Wildman–Crippen MR) is 76.0 cm³/mol. The molecule has 3 heteroatoms. The number of fused-ring (bicyclic) bond motifs is 1. The Morgan fingerprint density at radius 1 is 1.28 bits per heavy atom. The first-order chi connectivity index (χ1) is 8.56. The minimum atomic E-state index is 0.102. The van der Waals surface area contributed by atoms with E-state index in [1.807, 2.05) is 13.1 Å². The van der Waals surface area contributed by atoms with E-state index in [0.29, 0.717) is 6.54 Å². The lowest BCUT2D eigenvalue weighted by Crippen LogP contribution is -2.22. The number of nitrogens with zero attached hydrogens (tertiary/aromatic N) is 1. The highest BCUT2D eigenvalue weighted by Gasteiger charge is 2.09. The van der Waals surface area contributed by atoms with Gasteiger partial charge in [-0.3, -0.25) is 4.79 Å². The Hall–Kier alpha value is -1.61. The first kappa shape index (κ1) is 12.8. The molecule has 0 saturated carbocycles. The molecule has 2 N–H and O–H groups in total. The first-order valence-corrected chi connectivity index (χ1v) is 6.35. The zero-order chi connectivity index (χ0) is 13.3. The summed E-state index contributed by atoms with van der Waals surface area (Å²) in [6, 6.07) is 6.21. The fourth-order valence-electron chi connectivity index (χ4n) is 2.42. The molecular formula is C15H20N2O. The second kappa shape index (κ2) is 4.94. The lowest BCUT2D eigenvalue weighted by molar-refractivity contribution is 0.798. The summed E-state index contributed by atoms with van der Waals surface area (Å²) >= 11 is 0. The average molecular weight is 244 g/mol. The topological polar surface area (TPSA) is 48.0 Å². The molecule has 0 bridgehead atoms. The van der Waals surface area contributed by atoms with Crippen LogP contribution in [0.5, 0.6) is 0 Å². The third-order valence-corrected chi connectivity index (χ3v) is 3.63. The molecule has 0 aliphatic heterocycles. The van der Waals surface area contributed by atoms with Gasteiger partial charge in [0.15, 0.2) is 0 Å². The zero-order valence-corrected chi connectivity index (χ0v) is 11.3. The first-order valence-electron chi connectivity index (χ1n) is 6.35. The number of aryl methyl sites for hydroxylation is 4. The number of hydrogen-bond acceptors (Lipinski definition) is 2. The van der Waals surface area contributed by atoms with Gasteiger partial charge in [0, 0.05) is 12.6 Å². The van der Waals surface area contributed by atoms with Crippen LogP contribution in [0.3, 0.4) is 0 Å². The van der Waals surface area contributed by atoms with Crippen LogP contribution in [-0.4, -0.2) is 11.1 Å². The van der Waals surface area contributed by atoms with Crippen LogP contribution in [0, 0.1) is 13.8 Å². The van der Waals surface area contributed by atoms with Crippen molar-refractivity contribution in [3.8, 4) is 0 Å². The van der Waals surface area contributed by atoms with Crippen LogP contribution >= 0.6 is 0 Å². The minimum Gasteiger partial charge on any atom is -0.330 e. The van der Waals surface area contributed by atoms with E-state index in [9.17, 15) is 4.79 Å². The highest BCUT2D eigenvalue weighted by molar-refractivity contribution is 5.83. The molecule has 1 aromatic heterocycles. The third-order valence-electron chi connectivity index (χ3n) is 3.63. The standard InChI is InChI=1S/C15H20N2O/c1-10-6-7-12-9-13(5-4-8-16)15(18)17(3)14(12)11(10)2/h6-7,9H,4-5,8,16H2,1-3H3. The number of pyridine rings is 1. The molecule has 0 unspecified atom stereocenters. The summed E-state index contributed by atoms with van der Waals surface area (Å²) < 4.78 is 1.77. The SMILES string of the molecule is Cc1ccc2cc(CCCN)c(=O)n(C)c2c1C. The van der Waals surface area contributed by atoms with Crippen molar-refractivity contribution >= 4 is 10.9 Å². The Morgan fingerprint density at radius 3 is 2.67 bits per heavy atom. The van der Waals surface area contributed by atoms with E-state index < -0.39 is 0 Å². The van der Waals surface area contributed by atoms with Crippen molar-refractivity contribution < 1.29 is 0 Å². The number of aromatic nitrogens is 1. The number of nitrogens with two attached hydrogens (primary N) is 1. The maximum absolute atomic E-state index is 12.3. The van der Waals surface area contributed by atoms with Crippen LogP contribution in [0.2, 0.25) is 0 Å². The summed E-state index contributed by atoms with van der Waals surface area (Å²) in [4.78, 5) is 12.3. The summed E-state index contributed by atoms with van der Waals surface area (Å²) in [5, 5.41) is 1.13. The maximum atomic E-state index is 12.3. The lowest BCUT2D eigenvalue weighted by atomic mass is 10.0. The highest BCUT2D eigenvalue weighted by atomic mass is 16.1. The second-order valence-electron chi connectivity index (χ2n) is 4.87. The molecule has 1 aromatic carbocycles. The fraction of sp³-hybridized carbons (Fsp3) is 0.400. The monoisotopic (exact) mass is 244 g/mol. The normalized spacial score (nSPS) is 11.1. The van der Waals surface area contributed by atoms with Crippen LogP contribution in [0.15, 0.2) is 23.0 Å². The number of rotatable bonds is 3. The maximum Gasteiger partial charge on any atom is 0.253 e. The summed E-state index contributed by atoms with van der Waals surface area (Å²) in [5.74, 6) is 0. The molecule has 0 spiro atoms. The van der Waals surface area contributed by atoms with Crippen LogP contribution in [0.25, 0.3) is 10.9 Å². The summed E-state index contributed by atoms with van der Waals surface area (Å²) in [6.07, 6.45) is 1.61. The van der Waals surface area contributed by atoms with Crippen LogP contribution in [0.1, 0.15) is 23.1 Å². The molecule has 2 rings (SSSR count). The number of hydrogen-bond donors (Lipinski definition) is 1. The van der Waals surface area contributed by atoms with E-state index in [4.69, 9.17) is 5.73 Å². The Kier molecular flexibility index (Phi) is 3.53. The Balaban J connectivity index is 2.71. The van der Waals surface area contributed by atoms with Crippen molar-refractivity contribution in [2.45, 2.75) is 26.7 Å². The predicted octanol–water partition coefficient (Wildman–Crippen LogP) is 2.05. The molecule has 0 radical (unpaired) electrons. The van der Waals surface area contributed by atoms with Crippen molar-refractivity contribution in [3.05, 3.63) is 45.2 Å². The minimum absolute atomic E-state index is 0.102. The molecular weight excluding hydrogens is 224 g/mol. The van der Waals surface area contributed by atoms with Gasteiger partial charge in [0.2, 0.25) is 0 Å². The van der Waals surface area contributed by atoms with Crippen molar-refractivity contribution in [1.82, 2.24) is 4.57 Å². The molecule has 3 nitrogen and oxygen atoms in total. The smallest absolute Gasteiger partial charge is 0.253 e. The quantitative estimate of drug-likeness (QED) is 0.898. The molecule has 0 fully saturated rings. The molecule has 1 heterocycles. The van der Waals surface area contributed by atoms with Gasteiger partial charge in [-0.05, 0) is 55.8 Å². The number of benzene rings is 1. The molecule has 0 amide bonds. The summed E-state index contributed by atoms with van der Waals surface area (Å²) in [7, 11) is 1.85. The Morgan fingerprint density at radius 2 is 2.00 bits per heavy atom. The average Bonchev–Trinajstić information content (AvgIpc) is 2.36. The Bertz CT molecular complexity index is 641. The van der Waals surface area contributed by atoms with Gasteiger partial charge in [0.25, 0.3) is 5.56 Å². The lowest BCUT2D eigenvalue weighted by Gasteiger charge is -2.12. The van der Waals surface area contributed by atoms with Gasteiger partial charge >= 0.3 is 0 Å². The van der Waals surface area contributed by atoms with Gasteiger partial charge in [-0.15, -0.1) is 0 Å². The molecule has 96 valence electrons. The van der Waals surface area contributed by atoms with Crippen LogP contribution in [-0.2, 0) is 13.5 Å². The molecule has 2 aromatic rings. The van der Waals surface area contributed by atoms with Crippen molar-refractivity contribution in [2.24, 2.45) is 12.8 Å². The van der Waals surface area contributed by atoms with E-state index in [1.54, 1.807) is 4.57 Å². The van der Waals surface area contributed by atoms with E-state index in [-0.39, 0.29) is 5.56 Å².